The zero-order valence-corrected chi connectivity index (χ0v) is 12.2. The summed E-state index contributed by atoms with van der Waals surface area (Å²) in [6.07, 6.45) is 5.04. The fourth-order valence-corrected chi connectivity index (χ4v) is 2.76. The quantitative estimate of drug-likeness (QED) is 0.896. The van der Waals surface area contributed by atoms with Gasteiger partial charge in [-0.05, 0) is 37.6 Å². The van der Waals surface area contributed by atoms with Crippen LogP contribution in [0.1, 0.15) is 36.8 Å². The van der Waals surface area contributed by atoms with E-state index in [0.717, 1.165) is 12.0 Å². The lowest BCUT2D eigenvalue weighted by molar-refractivity contribution is -0.00362. The molecule has 1 N–H and O–H groups in total. The maximum Gasteiger partial charge on any atom is 0.136 e. The molecule has 0 amide bonds. The van der Waals surface area contributed by atoms with Gasteiger partial charge in [-0.15, -0.1) is 0 Å². The number of nitrogens with zero attached hydrogens (tertiary/aromatic N) is 1. The van der Waals surface area contributed by atoms with Crippen molar-refractivity contribution in [3.05, 3.63) is 29.3 Å². The van der Waals surface area contributed by atoms with Crippen molar-refractivity contribution in [1.82, 2.24) is 5.32 Å². The lowest BCUT2D eigenvalue weighted by Gasteiger charge is -2.31. The maximum absolute atomic E-state index is 9.09. The standard InChI is InChI=1S/C16H22N2O2/c1-18-14-5-3-4-6-16(14)20-11-12-7-8-15(19-2)13(9-12)10-17/h7-9,14,16,18H,3-6,11H2,1-2H3. The SMILES string of the molecule is CNC1CCCCC1OCc1ccc(OC)c(C#N)c1. The fourth-order valence-electron chi connectivity index (χ4n) is 2.76. The van der Waals surface area contributed by atoms with E-state index < -0.39 is 0 Å². The number of benzene rings is 1. The monoisotopic (exact) mass is 274 g/mol. The highest BCUT2D eigenvalue weighted by molar-refractivity contribution is 5.45. The Kier molecular flexibility index (Phi) is 5.40. The number of likely N-dealkylation sites (N-methyl/N-ethyl adjacent to an activating group) is 1. The van der Waals surface area contributed by atoms with E-state index in [1.54, 1.807) is 7.11 Å². The van der Waals surface area contributed by atoms with Crippen molar-refractivity contribution >= 4 is 0 Å². The van der Waals surface area contributed by atoms with E-state index in [0.29, 0.717) is 24.0 Å². The Labute approximate surface area is 120 Å². The molecular weight excluding hydrogens is 252 g/mol. The van der Waals surface area contributed by atoms with Crippen LogP contribution in [-0.4, -0.2) is 26.3 Å². The Hall–Kier alpha value is -1.57. The largest absolute Gasteiger partial charge is 0.495 e. The minimum absolute atomic E-state index is 0.265. The van der Waals surface area contributed by atoms with Crippen molar-refractivity contribution in [2.45, 2.75) is 44.4 Å². The highest BCUT2D eigenvalue weighted by atomic mass is 16.5. The number of nitrogens with one attached hydrogen (secondary N) is 1. The van der Waals surface area contributed by atoms with Gasteiger partial charge in [-0.1, -0.05) is 18.9 Å². The summed E-state index contributed by atoms with van der Waals surface area (Å²) in [7, 11) is 3.57. The molecule has 2 rings (SSSR count). The van der Waals surface area contributed by atoms with Gasteiger partial charge in [0.2, 0.25) is 0 Å². The van der Waals surface area contributed by atoms with Crippen LogP contribution in [0.15, 0.2) is 18.2 Å². The zero-order chi connectivity index (χ0) is 14.4. The third kappa shape index (κ3) is 3.50. The molecule has 20 heavy (non-hydrogen) atoms. The van der Waals surface area contributed by atoms with Gasteiger partial charge in [-0.2, -0.15) is 5.26 Å². The predicted molar refractivity (Wildman–Crippen MR) is 77.6 cm³/mol. The predicted octanol–water partition coefficient (Wildman–Crippen LogP) is 2.61. The van der Waals surface area contributed by atoms with Crippen molar-refractivity contribution in [2.75, 3.05) is 14.2 Å². The van der Waals surface area contributed by atoms with E-state index in [2.05, 4.69) is 11.4 Å². The smallest absolute Gasteiger partial charge is 0.136 e. The average molecular weight is 274 g/mol. The van der Waals surface area contributed by atoms with Crippen LogP contribution >= 0.6 is 0 Å². The summed E-state index contributed by atoms with van der Waals surface area (Å²) < 4.78 is 11.2. The van der Waals surface area contributed by atoms with Crippen molar-refractivity contribution in [1.29, 1.82) is 5.26 Å². The van der Waals surface area contributed by atoms with Crippen LogP contribution in [0.25, 0.3) is 0 Å². The topological polar surface area (TPSA) is 54.3 Å². The molecule has 1 aromatic rings. The minimum atomic E-state index is 0.265. The second-order valence-corrected chi connectivity index (χ2v) is 5.18. The Bertz CT molecular complexity index is 482. The van der Waals surface area contributed by atoms with Crippen molar-refractivity contribution < 1.29 is 9.47 Å². The molecule has 0 saturated heterocycles. The molecule has 4 heteroatoms. The molecule has 0 spiro atoms. The molecule has 2 unspecified atom stereocenters. The summed E-state index contributed by atoms with van der Waals surface area (Å²) in [5, 5.41) is 12.4. The van der Waals surface area contributed by atoms with E-state index in [1.165, 1.54) is 19.3 Å². The lowest BCUT2D eigenvalue weighted by Crippen LogP contribution is -2.41. The van der Waals surface area contributed by atoms with E-state index in [4.69, 9.17) is 14.7 Å². The molecule has 1 aliphatic carbocycles. The van der Waals surface area contributed by atoms with E-state index >= 15 is 0 Å². The van der Waals surface area contributed by atoms with Gasteiger partial charge in [-0.3, -0.25) is 0 Å². The van der Waals surface area contributed by atoms with E-state index in [-0.39, 0.29) is 6.10 Å². The first-order valence-electron chi connectivity index (χ1n) is 7.14. The summed E-state index contributed by atoms with van der Waals surface area (Å²) in [6, 6.07) is 8.22. The van der Waals surface area contributed by atoms with Crippen LogP contribution in [0.5, 0.6) is 5.75 Å². The second kappa shape index (κ2) is 7.28. The molecular formula is C16H22N2O2. The van der Waals surface area contributed by atoms with Gasteiger partial charge in [0.1, 0.15) is 11.8 Å². The van der Waals surface area contributed by atoms with E-state index in [9.17, 15) is 0 Å². The number of hydrogen-bond donors (Lipinski definition) is 1. The molecule has 2 atom stereocenters. The summed E-state index contributed by atoms with van der Waals surface area (Å²) in [6.45, 7) is 0.543. The first-order chi connectivity index (χ1) is 9.78. The lowest BCUT2D eigenvalue weighted by atomic mass is 9.92. The molecule has 1 aliphatic rings. The number of methoxy groups -OCH3 is 1. The number of nitriles is 1. The number of rotatable bonds is 5. The molecule has 1 aromatic carbocycles. The third-order valence-corrected chi connectivity index (χ3v) is 3.92. The van der Waals surface area contributed by atoms with Gasteiger partial charge in [0.15, 0.2) is 0 Å². The number of hydrogen-bond acceptors (Lipinski definition) is 4. The molecule has 108 valence electrons. The second-order valence-electron chi connectivity index (χ2n) is 5.18. The molecule has 1 fully saturated rings. The van der Waals surface area contributed by atoms with Gasteiger partial charge < -0.3 is 14.8 Å². The Morgan fingerprint density at radius 1 is 1.35 bits per heavy atom. The summed E-state index contributed by atoms with van der Waals surface area (Å²) >= 11 is 0. The van der Waals surface area contributed by atoms with Gasteiger partial charge in [0.05, 0.1) is 25.4 Å². The Balaban J connectivity index is 1.98. The van der Waals surface area contributed by atoms with Gasteiger partial charge in [0.25, 0.3) is 0 Å². The van der Waals surface area contributed by atoms with E-state index in [1.807, 2.05) is 25.2 Å². The third-order valence-electron chi connectivity index (χ3n) is 3.92. The Morgan fingerprint density at radius 2 is 2.15 bits per heavy atom. The van der Waals surface area contributed by atoms with Crippen LogP contribution in [0.2, 0.25) is 0 Å². The van der Waals surface area contributed by atoms with Crippen molar-refractivity contribution in [3.63, 3.8) is 0 Å². The van der Waals surface area contributed by atoms with Gasteiger partial charge in [0, 0.05) is 6.04 Å². The maximum atomic E-state index is 9.09. The van der Waals surface area contributed by atoms with Crippen molar-refractivity contribution in [3.8, 4) is 11.8 Å². The first-order valence-corrected chi connectivity index (χ1v) is 7.14. The van der Waals surface area contributed by atoms with Crippen LogP contribution in [0.3, 0.4) is 0 Å². The zero-order valence-electron chi connectivity index (χ0n) is 12.2. The highest BCUT2D eigenvalue weighted by Gasteiger charge is 2.24. The van der Waals surface area contributed by atoms with Crippen LogP contribution < -0.4 is 10.1 Å². The van der Waals surface area contributed by atoms with Crippen LogP contribution in [0.4, 0.5) is 0 Å². The summed E-state index contributed by atoms with van der Waals surface area (Å²) in [5.41, 5.74) is 1.57. The minimum Gasteiger partial charge on any atom is -0.495 e. The summed E-state index contributed by atoms with van der Waals surface area (Å²) in [4.78, 5) is 0. The molecule has 0 bridgehead atoms. The van der Waals surface area contributed by atoms with Crippen LogP contribution in [-0.2, 0) is 11.3 Å². The molecule has 0 aliphatic heterocycles. The first kappa shape index (κ1) is 14.8. The fraction of sp³-hybridized carbons (Fsp3) is 0.562. The molecule has 0 aromatic heterocycles. The van der Waals surface area contributed by atoms with Crippen molar-refractivity contribution in [2.24, 2.45) is 0 Å². The molecule has 0 heterocycles. The Morgan fingerprint density at radius 3 is 2.85 bits per heavy atom. The average Bonchev–Trinajstić information content (AvgIpc) is 2.52. The summed E-state index contributed by atoms with van der Waals surface area (Å²) in [5.74, 6) is 0.613. The normalized spacial score (nSPS) is 22.2. The number of ether oxygens (including phenoxy) is 2. The molecule has 0 radical (unpaired) electrons. The van der Waals surface area contributed by atoms with Crippen LogP contribution in [0, 0.1) is 11.3 Å². The highest BCUT2D eigenvalue weighted by Crippen LogP contribution is 2.23. The van der Waals surface area contributed by atoms with Gasteiger partial charge in [-0.25, -0.2) is 0 Å². The molecule has 1 saturated carbocycles. The molecule has 4 nitrogen and oxygen atoms in total. The van der Waals surface area contributed by atoms with Gasteiger partial charge >= 0.3 is 0 Å².